The lowest BCUT2D eigenvalue weighted by atomic mass is 10.1. The highest BCUT2D eigenvalue weighted by Gasteiger charge is 2.35. The van der Waals surface area contributed by atoms with Crippen molar-refractivity contribution in [2.45, 2.75) is 13.5 Å². The molecule has 3 rings (SSSR count). The number of benzene rings is 2. The first-order chi connectivity index (χ1) is 12.3. The molecule has 26 heavy (non-hydrogen) atoms. The lowest BCUT2D eigenvalue weighted by Crippen LogP contribution is -2.27. The van der Waals surface area contributed by atoms with Gasteiger partial charge in [0.05, 0.1) is 26.5 Å². The van der Waals surface area contributed by atoms with Gasteiger partial charge in [-0.3, -0.25) is 14.5 Å². The standard InChI is InChI=1S/C18H12Cl3NO3S/c1-9-4-2-3-5-10(9)8-22-17(24)14(26-18(22)25)6-11-12(19)7-13(20)16(23)15(11)21/h2-7,23H,8H2,1H3/b14-6-. The van der Waals surface area contributed by atoms with E-state index in [1.807, 2.05) is 31.2 Å². The molecular weight excluding hydrogens is 417 g/mol. The lowest BCUT2D eigenvalue weighted by Gasteiger charge is -2.14. The van der Waals surface area contributed by atoms with Crippen molar-refractivity contribution >= 4 is 63.8 Å². The summed E-state index contributed by atoms with van der Waals surface area (Å²) in [5.41, 5.74) is 2.11. The zero-order valence-corrected chi connectivity index (χ0v) is 16.5. The number of rotatable bonds is 3. The number of phenols is 1. The first-order valence-electron chi connectivity index (χ1n) is 7.46. The molecule has 0 spiro atoms. The van der Waals surface area contributed by atoms with Gasteiger partial charge in [0.15, 0.2) is 5.75 Å². The van der Waals surface area contributed by atoms with Crippen molar-refractivity contribution in [2.24, 2.45) is 0 Å². The van der Waals surface area contributed by atoms with Crippen LogP contribution in [0, 0.1) is 6.92 Å². The Hall–Kier alpha value is -1.66. The van der Waals surface area contributed by atoms with E-state index in [4.69, 9.17) is 34.8 Å². The molecule has 1 aliphatic heterocycles. The van der Waals surface area contributed by atoms with E-state index in [1.165, 1.54) is 12.1 Å². The van der Waals surface area contributed by atoms with Gasteiger partial charge >= 0.3 is 0 Å². The molecule has 1 N–H and O–H groups in total. The van der Waals surface area contributed by atoms with Crippen LogP contribution in [0.4, 0.5) is 4.79 Å². The Morgan fingerprint density at radius 2 is 1.85 bits per heavy atom. The predicted octanol–water partition coefficient (Wildman–Crippen LogP) is 5.90. The monoisotopic (exact) mass is 427 g/mol. The Morgan fingerprint density at radius 1 is 1.15 bits per heavy atom. The molecule has 8 heteroatoms. The van der Waals surface area contributed by atoms with Crippen molar-refractivity contribution in [1.29, 1.82) is 0 Å². The minimum absolute atomic E-state index is 0.00445. The van der Waals surface area contributed by atoms with Crippen molar-refractivity contribution in [3.63, 3.8) is 0 Å². The number of imide groups is 1. The van der Waals surface area contributed by atoms with E-state index in [-0.39, 0.29) is 43.1 Å². The summed E-state index contributed by atoms with van der Waals surface area (Å²) in [6, 6.07) is 8.86. The van der Waals surface area contributed by atoms with Crippen molar-refractivity contribution in [2.75, 3.05) is 0 Å². The normalized spacial score (nSPS) is 16.0. The third-order valence-corrected chi connectivity index (χ3v) is 5.81. The molecule has 1 fully saturated rings. The number of phenolic OH excluding ortho intramolecular Hbond substituents is 1. The van der Waals surface area contributed by atoms with E-state index in [0.29, 0.717) is 0 Å². The Morgan fingerprint density at radius 3 is 2.54 bits per heavy atom. The van der Waals surface area contributed by atoms with E-state index < -0.39 is 5.91 Å². The summed E-state index contributed by atoms with van der Waals surface area (Å²) in [6.07, 6.45) is 1.39. The van der Waals surface area contributed by atoms with Gasteiger partial charge in [-0.2, -0.15) is 0 Å². The van der Waals surface area contributed by atoms with Crippen molar-refractivity contribution in [3.8, 4) is 5.75 Å². The number of carbonyl (C=O) groups is 2. The van der Waals surface area contributed by atoms with Gasteiger partial charge in [-0.1, -0.05) is 59.1 Å². The molecule has 0 unspecified atom stereocenters. The van der Waals surface area contributed by atoms with Crippen LogP contribution in [0.3, 0.4) is 0 Å². The maximum Gasteiger partial charge on any atom is 0.293 e. The quantitative estimate of drug-likeness (QED) is 0.619. The highest BCUT2D eigenvalue weighted by Crippen LogP contribution is 2.42. The lowest BCUT2D eigenvalue weighted by molar-refractivity contribution is -0.123. The SMILES string of the molecule is Cc1ccccc1CN1C(=O)S/C(=C\c2c(Cl)cc(Cl)c(O)c2Cl)C1=O. The molecule has 2 amide bonds. The Balaban J connectivity index is 1.94. The van der Waals surface area contributed by atoms with Crippen LogP contribution in [0.25, 0.3) is 6.08 Å². The van der Waals surface area contributed by atoms with Crippen LogP contribution in [0.15, 0.2) is 35.2 Å². The number of carbonyl (C=O) groups excluding carboxylic acids is 2. The molecular formula is C18H12Cl3NO3S. The molecule has 134 valence electrons. The van der Waals surface area contributed by atoms with E-state index in [0.717, 1.165) is 27.8 Å². The fourth-order valence-electron chi connectivity index (χ4n) is 2.45. The molecule has 0 aliphatic carbocycles. The fraction of sp³-hybridized carbons (Fsp3) is 0.111. The molecule has 2 aromatic carbocycles. The molecule has 0 aromatic heterocycles. The van der Waals surface area contributed by atoms with Crippen LogP contribution in [0.2, 0.25) is 15.1 Å². The van der Waals surface area contributed by atoms with Gasteiger partial charge in [0.1, 0.15) is 0 Å². The molecule has 0 bridgehead atoms. The van der Waals surface area contributed by atoms with Crippen molar-refractivity contribution < 1.29 is 14.7 Å². The Bertz CT molecular complexity index is 959. The first kappa shape index (κ1) is 19.1. The first-order valence-corrected chi connectivity index (χ1v) is 9.41. The van der Waals surface area contributed by atoms with Gasteiger partial charge in [-0.05, 0) is 42.0 Å². The van der Waals surface area contributed by atoms with Crippen molar-refractivity contribution in [1.82, 2.24) is 4.90 Å². The summed E-state index contributed by atoms with van der Waals surface area (Å²) in [5.74, 6) is -0.770. The highest BCUT2D eigenvalue weighted by atomic mass is 35.5. The second-order valence-electron chi connectivity index (χ2n) is 5.61. The summed E-state index contributed by atoms with van der Waals surface area (Å²) in [6.45, 7) is 2.10. The average Bonchev–Trinajstić information content (AvgIpc) is 2.86. The zero-order chi connectivity index (χ0) is 19.0. The minimum atomic E-state index is -0.440. The largest absolute Gasteiger partial charge is 0.505 e. The molecule has 1 heterocycles. The topological polar surface area (TPSA) is 57.6 Å². The number of thioether (sulfide) groups is 1. The Labute approximate surface area is 169 Å². The molecule has 1 saturated heterocycles. The van der Waals surface area contributed by atoms with Gasteiger partial charge in [0.25, 0.3) is 11.1 Å². The number of amides is 2. The second-order valence-corrected chi connectivity index (χ2v) is 7.80. The number of halogens is 3. The van der Waals surface area contributed by atoms with Crippen LogP contribution < -0.4 is 0 Å². The van der Waals surface area contributed by atoms with Gasteiger partial charge in [-0.15, -0.1) is 0 Å². The van der Waals surface area contributed by atoms with E-state index in [9.17, 15) is 14.7 Å². The number of aryl methyl sites for hydroxylation is 1. The third-order valence-electron chi connectivity index (χ3n) is 3.92. The van der Waals surface area contributed by atoms with E-state index in [1.54, 1.807) is 0 Å². The predicted molar refractivity (Wildman–Crippen MR) is 106 cm³/mol. The van der Waals surface area contributed by atoms with Crippen LogP contribution in [-0.2, 0) is 11.3 Å². The highest BCUT2D eigenvalue weighted by molar-refractivity contribution is 8.18. The molecule has 0 radical (unpaired) electrons. The van der Waals surface area contributed by atoms with Gasteiger partial charge in [0, 0.05) is 5.56 Å². The van der Waals surface area contributed by atoms with Crippen LogP contribution in [-0.4, -0.2) is 21.2 Å². The van der Waals surface area contributed by atoms with Gasteiger partial charge < -0.3 is 5.11 Å². The summed E-state index contributed by atoms with van der Waals surface area (Å²) in [5, 5.41) is 9.58. The summed E-state index contributed by atoms with van der Waals surface area (Å²) < 4.78 is 0. The molecule has 2 aromatic rings. The van der Waals surface area contributed by atoms with E-state index in [2.05, 4.69) is 0 Å². The zero-order valence-electron chi connectivity index (χ0n) is 13.4. The second kappa shape index (κ2) is 7.53. The number of hydrogen-bond donors (Lipinski definition) is 1. The summed E-state index contributed by atoms with van der Waals surface area (Å²) in [4.78, 5) is 26.3. The average molecular weight is 429 g/mol. The maximum absolute atomic E-state index is 12.7. The summed E-state index contributed by atoms with van der Waals surface area (Å²) in [7, 11) is 0. The van der Waals surface area contributed by atoms with Gasteiger partial charge in [-0.25, -0.2) is 0 Å². The fourth-order valence-corrected chi connectivity index (χ4v) is 4.14. The molecule has 4 nitrogen and oxygen atoms in total. The van der Waals surface area contributed by atoms with Crippen molar-refractivity contribution in [3.05, 3.63) is 67.0 Å². The molecule has 0 atom stereocenters. The third kappa shape index (κ3) is 3.58. The number of hydrogen-bond acceptors (Lipinski definition) is 4. The smallest absolute Gasteiger partial charge is 0.293 e. The minimum Gasteiger partial charge on any atom is -0.505 e. The maximum atomic E-state index is 12.7. The molecule has 1 aliphatic rings. The van der Waals surface area contributed by atoms with Crippen LogP contribution in [0.5, 0.6) is 5.75 Å². The number of nitrogens with zero attached hydrogens (tertiary/aromatic N) is 1. The summed E-state index contributed by atoms with van der Waals surface area (Å²) >= 11 is 18.8. The van der Waals surface area contributed by atoms with Crippen LogP contribution >= 0.6 is 46.6 Å². The van der Waals surface area contributed by atoms with Crippen LogP contribution in [0.1, 0.15) is 16.7 Å². The van der Waals surface area contributed by atoms with Gasteiger partial charge in [0.2, 0.25) is 0 Å². The van der Waals surface area contributed by atoms with E-state index >= 15 is 0 Å². The number of aromatic hydroxyl groups is 1. The molecule has 0 saturated carbocycles. The Kier molecular flexibility index (Phi) is 5.53.